The van der Waals surface area contributed by atoms with E-state index in [0.29, 0.717) is 36.1 Å². The molecule has 2 aliphatic carbocycles. The van der Waals surface area contributed by atoms with Gasteiger partial charge in [0, 0.05) is 24.3 Å². The van der Waals surface area contributed by atoms with Crippen molar-refractivity contribution in [2.45, 2.75) is 58.5 Å². The number of aliphatic imine (C=N–C) groups is 2. The van der Waals surface area contributed by atoms with Crippen LogP contribution in [0.3, 0.4) is 0 Å². The van der Waals surface area contributed by atoms with Crippen molar-refractivity contribution < 1.29 is 4.79 Å². The number of piperazine rings is 1. The Labute approximate surface area is 172 Å². The van der Waals surface area contributed by atoms with E-state index in [2.05, 4.69) is 40.7 Å². The molecule has 3 aliphatic rings. The molecule has 1 saturated heterocycles. The minimum absolute atomic E-state index is 0.0531. The first-order valence-corrected chi connectivity index (χ1v) is 10.3. The van der Waals surface area contributed by atoms with Gasteiger partial charge in [0.25, 0.3) is 5.91 Å². The zero-order chi connectivity index (χ0) is 20.4. The summed E-state index contributed by atoms with van der Waals surface area (Å²) >= 11 is 5.94. The van der Waals surface area contributed by atoms with Gasteiger partial charge in [0.2, 0.25) is 0 Å². The Balaban J connectivity index is 1.75. The summed E-state index contributed by atoms with van der Waals surface area (Å²) in [6.45, 7) is 14.1. The fourth-order valence-corrected chi connectivity index (χ4v) is 3.93. The Morgan fingerprint density at radius 3 is 2.64 bits per heavy atom. The maximum Gasteiger partial charge on any atom is 0.295 e. The van der Waals surface area contributed by atoms with Crippen LogP contribution < -0.4 is 10.6 Å². The third-order valence-corrected chi connectivity index (χ3v) is 5.65. The second-order valence-electron chi connectivity index (χ2n) is 8.04. The van der Waals surface area contributed by atoms with Crippen LogP contribution in [0.5, 0.6) is 0 Å². The number of amides is 1. The number of carbonyl (C=O) groups is 1. The van der Waals surface area contributed by atoms with E-state index in [4.69, 9.17) is 11.6 Å². The van der Waals surface area contributed by atoms with Crippen molar-refractivity contribution in [3.05, 3.63) is 35.8 Å². The first kappa shape index (κ1) is 20.6. The van der Waals surface area contributed by atoms with Crippen molar-refractivity contribution in [1.82, 2.24) is 15.5 Å². The van der Waals surface area contributed by atoms with Crippen LogP contribution in [0, 0.1) is 11.8 Å². The highest BCUT2D eigenvalue weighted by atomic mass is 35.5. The SMILES string of the molecule is C=C(Cl)/N=C1\C(=CC)NC(=NCC2CC(NC(=C)C)C2)C(=O)N1C(C)C1CC1. The van der Waals surface area contributed by atoms with E-state index in [1.807, 2.05) is 19.9 Å². The number of nitrogens with zero attached hydrogens (tertiary/aromatic N) is 3. The molecule has 0 aromatic carbocycles. The molecule has 1 aliphatic heterocycles. The largest absolute Gasteiger partial charge is 0.386 e. The average molecular weight is 404 g/mol. The summed E-state index contributed by atoms with van der Waals surface area (Å²) in [5.74, 6) is 1.75. The predicted molar refractivity (Wildman–Crippen MR) is 115 cm³/mol. The lowest BCUT2D eigenvalue weighted by atomic mass is 9.80. The van der Waals surface area contributed by atoms with Crippen LogP contribution in [0.1, 0.15) is 46.5 Å². The molecule has 1 atom stereocenters. The number of amidine groups is 2. The Bertz CT molecular complexity index is 759. The number of nitrogens with one attached hydrogen (secondary N) is 2. The third kappa shape index (κ3) is 4.66. The molecule has 28 heavy (non-hydrogen) atoms. The Morgan fingerprint density at radius 2 is 2.11 bits per heavy atom. The predicted octanol–water partition coefficient (Wildman–Crippen LogP) is 3.53. The second kappa shape index (κ2) is 8.52. The number of carbonyl (C=O) groups excluding carboxylic acids is 1. The molecule has 0 aromatic heterocycles. The minimum atomic E-state index is -0.141. The fourth-order valence-electron chi connectivity index (χ4n) is 3.85. The lowest BCUT2D eigenvalue weighted by molar-refractivity contribution is -0.122. The van der Waals surface area contributed by atoms with Crippen molar-refractivity contribution in [2.24, 2.45) is 21.8 Å². The average Bonchev–Trinajstić information content (AvgIpc) is 3.42. The summed E-state index contributed by atoms with van der Waals surface area (Å²) < 4.78 is 0. The van der Waals surface area contributed by atoms with Gasteiger partial charge in [-0.3, -0.25) is 14.7 Å². The van der Waals surface area contributed by atoms with Gasteiger partial charge in [0.05, 0.1) is 5.70 Å². The van der Waals surface area contributed by atoms with Crippen molar-refractivity contribution in [3.63, 3.8) is 0 Å². The van der Waals surface area contributed by atoms with Gasteiger partial charge in [0.1, 0.15) is 5.16 Å². The van der Waals surface area contributed by atoms with Gasteiger partial charge >= 0.3 is 0 Å². The number of halogens is 1. The summed E-state index contributed by atoms with van der Waals surface area (Å²) in [6.07, 6.45) is 6.25. The van der Waals surface area contributed by atoms with Gasteiger partial charge in [-0.15, -0.1) is 0 Å². The molecular weight excluding hydrogens is 374 g/mol. The standard InChI is InChI=1S/C21H30ClN5O/c1-6-18-20(25-14(5)22)27(13(4)16-7-8-16)21(28)19(26-18)23-11-15-9-17(10-15)24-12(2)3/h6,13,15-17,24H,2,5,7-11H2,1,3-4H3,(H,23,26)/b18-6?,25-20+. The van der Waals surface area contributed by atoms with Crippen molar-refractivity contribution in [1.29, 1.82) is 0 Å². The summed E-state index contributed by atoms with van der Waals surface area (Å²) in [5, 5.41) is 6.67. The molecule has 2 N–H and O–H groups in total. The quantitative estimate of drug-likeness (QED) is 0.639. The highest BCUT2D eigenvalue weighted by molar-refractivity contribution is 6.45. The van der Waals surface area contributed by atoms with Crippen LogP contribution in [-0.4, -0.2) is 41.1 Å². The van der Waals surface area contributed by atoms with E-state index in [1.165, 1.54) is 0 Å². The van der Waals surface area contributed by atoms with Crippen LogP contribution in [0.4, 0.5) is 0 Å². The highest BCUT2D eigenvalue weighted by Crippen LogP contribution is 2.36. The van der Waals surface area contributed by atoms with Crippen molar-refractivity contribution in [3.8, 4) is 0 Å². The number of rotatable bonds is 7. The summed E-state index contributed by atoms with van der Waals surface area (Å²) in [4.78, 5) is 23.9. The molecule has 0 bridgehead atoms. The molecule has 0 spiro atoms. The van der Waals surface area contributed by atoms with Crippen molar-refractivity contribution in [2.75, 3.05) is 6.54 Å². The molecule has 3 rings (SSSR count). The Morgan fingerprint density at radius 1 is 1.43 bits per heavy atom. The van der Waals surface area contributed by atoms with Gasteiger partial charge in [-0.2, -0.15) is 0 Å². The zero-order valence-corrected chi connectivity index (χ0v) is 17.7. The van der Waals surface area contributed by atoms with Crippen molar-refractivity contribution >= 4 is 29.2 Å². The van der Waals surface area contributed by atoms with E-state index in [0.717, 1.165) is 37.1 Å². The van der Waals surface area contributed by atoms with Crippen LogP contribution in [0.15, 0.2) is 45.8 Å². The first-order chi connectivity index (χ1) is 13.3. The van der Waals surface area contributed by atoms with Gasteiger partial charge < -0.3 is 10.6 Å². The number of allylic oxidation sites excluding steroid dienone is 2. The molecular formula is C21H30ClN5O. The first-order valence-electron chi connectivity index (χ1n) is 9.97. The van der Waals surface area contributed by atoms with Crippen LogP contribution in [0.25, 0.3) is 0 Å². The molecule has 3 fully saturated rings. The van der Waals surface area contributed by atoms with Crippen LogP contribution >= 0.6 is 11.6 Å². The summed E-state index contributed by atoms with van der Waals surface area (Å²) in [7, 11) is 0. The Hall–Kier alpha value is -2.08. The normalized spacial score (nSPS) is 30.2. The van der Waals surface area contributed by atoms with Crippen LogP contribution in [0.2, 0.25) is 0 Å². The topological polar surface area (TPSA) is 69.1 Å². The molecule has 1 heterocycles. The fraction of sp³-hybridized carbons (Fsp3) is 0.571. The van der Waals surface area contributed by atoms with Gasteiger partial charge in [-0.25, -0.2) is 4.99 Å². The monoisotopic (exact) mass is 403 g/mol. The molecule has 1 unspecified atom stereocenters. The van der Waals surface area contributed by atoms with E-state index in [9.17, 15) is 4.79 Å². The number of hydrogen-bond donors (Lipinski definition) is 2. The molecule has 6 nitrogen and oxygen atoms in total. The van der Waals surface area contributed by atoms with Crippen LogP contribution in [-0.2, 0) is 4.79 Å². The summed E-state index contributed by atoms with van der Waals surface area (Å²) in [5.41, 5.74) is 1.73. The molecule has 0 aromatic rings. The summed E-state index contributed by atoms with van der Waals surface area (Å²) in [6, 6.07) is 0.529. The molecule has 0 radical (unpaired) electrons. The van der Waals surface area contributed by atoms with Gasteiger partial charge in [0.15, 0.2) is 11.7 Å². The Kier molecular flexibility index (Phi) is 6.28. The van der Waals surface area contributed by atoms with E-state index >= 15 is 0 Å². The molecule has 7 heteroatoms. The molecule has 1 amide bonds. The lowest BCUT2D eigenvalue weighted by Gasteiger charge is -2.37. The van der Waals surface area contributed by atoms with Gasteiger partial charge in [-0.1, -0.05) is 30.8 Å². The number of hydrogen-bond acceptors (Lipinski definition) is 4. The highest BCUT2D eigenvalue weighted by Gasteiger charge is 2.42. The maximum atomic E-state index is 13.2. The minimum Gasteiger partial charge on any atom is -0.386 e. The van der Waals surface area contributed by atoms with Gasteiger partial charge in [-0.05, 0) is 58.3 Å². The lowest BCUT2D eigenvalue weighted by Crippen LogP contribution is -2.58. The zero-order valence-electron chi connectivity index (χ0n) is 17.0. The third-order valence-electron chi connectivity index (χ3n) is 5.56. The molecule has 152 valence electrons. The van der Waals surface area contributed by atoms with E-state index in [-0.39, 0.29) is 17.1 Å². The van der Waals surface area contributed by atoms with E-state index in [1.54, 1.807) is 4.90 Å². The second-order valence-corrected chi connectivity index (χ2v) is 8.48. The van der Waals surface area contributed by atoms with E-state index < -0.39 is 0 Å². The maximum absolute atomic E-state index is 13.2. The smallest absolute Gasteiger partial charge is 0.295 e. The molecule has 2 saturated carbocycles.